The van der Waals surface area contributed by atoms with Gasteiger partial charge in [0.15, 0.2) is 0 Å². The van der Waals surface area contributed by atoms with Crippen molar-refractivity contribution in [3.63, 3.8) is 0 Å². The number of amides is 2. The Morgan fingerprint density at radius 1 is 1.12 bits per heavy atom. The summed E-state index contributed by atoms with van der Waals surface area (Å²) in [5.74, 6) is 0.432. The number of nitriles is 1. The lowest BCUT2D eigenvalue weighted by Crippen LogP contribution is -2.40. The molecule has 0 bridgehead atoms. The molecule has 34 heavy (non-hydrogen) atoms. The molecule has 1 aliphatic rings. The zero-order valence-electron chi connectivity index (χ0n) is 20.0. The molecule has 7 nitrogen and oxygen atoms in total. The summed E-state index contributed by atoms with van der Waals surface area (Å²) in [6.45, 7) is 7.56. The van der Waals surface area contributed by atoms with Crippen LogP contribution in [-0.4, -0.2) is 48.7 Å². The van der Waals surface area contributed by atoms with Crippen LogP contribution in [0.5, 0.6) is 5.75 Å². The fraction of sp³-hybridized carbons (Fsp3) is 0.370. The van der Waals surface area contributed by atoms with Gasteiger partial charge in [-0.2, -0.15) is 5.26 Å². The molecule has 1 N–H and O–H groups in total. The van der Waals surface area contributed by atoms with Crippen molar-refractivity contribution in [2.24, 2.45) is 0 Å². The SMILES string of the molecule is CC(C)(C)OC(=O)N1CCC(=Cc2ccc(C(=O)NCCOc3cccc(C#N)c3)cc2)CC1. The molecule has 0 unspecified atom stereocenters. The lowest BCUT2D eigenvalue weighted by Gasteiger charge is -2.31. The van der Waals surface area contributed by atoms with E-state index in [0.29, 0.717) is 43.1 Å². The average Bonchev–Trinajstić information content (AvgIpc) is 2.81. The molecule has 178 valence electrons. The van der Waals surface area contributed by atoms with Crippen LogP contribution in [0.3, 0.4) is 0 Å². The Balaban J connectivity index is 1.43. The fourth-order valence-corrected chi connectivity index (χ4v) is 3.50. The molecule has 0 spiro atoms. The first-order chi connectivity index (χ1) is 16.2. The highest BCUT2D eigenvalue weighted by Crippen LogP contribution is 2.21. The van der Waals surface area contributed by atoms with Crippen molar-refractivity contribution in [3.05, 3.63) is 70.8 Å². The number of nitrogens with one attached hydrogen (secondary N) is 1. The first-order valence-corrected chi connectivity index (χ1v) is 11.4. The molecule has 3 rings (SSSR count). The van der Waals surface area contributed by atoms with Crippen LogP contribution in [-0.2, 0) is 4.74 Å². The predicted octanol–water partition coefficient (Wildman–Crippen LogP) is 4.78. The molecule has 1 heterocycles. The van der Waals surface area contributed by atoms with Gasteiger partial charge in [0.05, 0.1) is 18.2 Å². The Kier molecular flexibility index (Phi) is 8.31. The third-order valence-electron chi connectivity index (χ3n) is 5.22. The Labute approximate surface area is 201 Å². The highest BCUT2D eigenvalue weighted by atomic mass is 16.6. The van der Waals surface area contributed by atoms with Gasteiger partial charge in [-0.15, -0.1) is 0 Å². The summed E-state index contributed by atoms with van der Waals surface area (Å²) in [4.78, 5) is 26.3. The normalized spacial score (nSPS) is 13.6. The Hall–Kier alpha value is -3.79. The van der Waals surface area contributed by atoms with Crippen LogP contribution >= 0.6 is 0 Å². The maximum atomic E-state index is 12.4. The Morgan fingerprint density at radius 3 is 2.47 bits per heavy atom. The van der Waals surface area contributed by atoms with E-state index in [1.54, 1.807) is 41.3 Å². The van der Waals surface area contributed by atoms with Gasteiger partial charge < -0.3 is 19.7 Å². The van der Waals surface area contributed by atoms with Crippen LogP contribution in [0.2, 0.25) is 0 Å². The second kappa shape index (κ2) is 11.4. The predicted molar refractivity (Wildman–Crippen MR) is 130 cm³/mol. The van der Waals surface area contributed by atoms with E-state index in [1.165, 1.54) is 5.57 Å². The van der Waals surface area contributed by atoms with E-state index in [0.717, 1.165) is 18.4 Å². The minimum absolute atomic E-state index is 0.167. The molecule has 0 radical (unpaired) electrons. The number of likely N-dealkylation sites (tertiary alicyclic amines) is 1. The van der Waals surface area contributed by atoms with Crippen molar-refractivity contribution in [2.45, 2.75) is 39.2 Å². The standard InChI is InChI=1S/C27H31N3O4/c1-27(2,3)34-26(32)30-14-11-21(12-15-30)17-20-7-9-23(10-8-20)25(31)29-13-16-33-24-6-4-5-22(18-24)19-28/h4-10,17-18H,11-16H2,1-3H3,(H,29,31). The molecule has 1 fully saturated rings. The van der Waals surface area contributed by atoms with Crippen LogP contribution in [0.25, 0.3) is 6.08 Å². The lowest BCUT2D eigenvalue weighted by atomic mass is 10.0. The zero-order chi connectivity index (χ0) is 24.6. The minimum Gasteiger partial charge on any atom is -0.492 e. The monoisotopic (exact) mass is 461 g/mol. The van der Waals surface area contributed by atoms with Gasteiger partial charge in [-0.1, -0.05) is 29.8 Å². The van der Waals surface area contributed by atoms with Gasteiger partial charge >= 0.3 is 6.09 Å². The summed E-state index contributed by atoms with van der Waals surface area (Å²) >= 11 is 0. The van der Waals surface area contributed by atoms with E-state index in [2.05, 4.69) is 17.5 Å². The van der Waals surface area contributed by atoms with Crippen molar-refractivity contribution in [3.8, 4) is 11.8 Å². The zero-order valence-corrected chi connectivity index (χ0v) is 20.0. The van der Waals surface area contributed by atoms with Crippen molar-refractivity contribution < 1.29 is 19.1 Å². The number of hydrogen-bond acceptors (Lipinski definition) is 5. The molecule has 0 saturated carbocycles. The molecule has 0 aliphatic carbocycles. The van der Waals surface area contributed by atoms with E-state index >= 15 is 0 Å². The van der Waals surface area contributed by atoms with E-state index in [-0.39, 0.29) is 12.0 Å². The summed E-state index contributed by atoms with van der Waals surface area (Å²) in [7, 11) is 0. The summed E-state index contributed by atoms with van der Waals surface area (Å²) in [6.07, 6.45) is 3.47. The van der Waals surface area contributed by atoms with Gasteiger partial charge in [-0.3, -0.25) is 4.79 Å². The van der Waals surface area contributed by atoms with Gasteiger partial charge in [0.1, 0.15) is 18.0 Å². The smallest absolute Gasteiger partial charge is 0.410 e. The van der Waals surface area contributed by atoms with Crippen LogP contribution in [0.4, 0.5) is 4.79 Å². The topological polar surface area (TPSA) is 91.7 Å². The number of benzene rings is 2. The first-order valence-electron chi connectivity index (χ1n) is 11.4. The summed E-state index contributed by atoms with van der Waals surface area (Å²) in [5.41, 5.74) is 2.92. The third-order valence-corrected chi connectivity index (χ3v) is 5.22. The van der Waals surface area contributed by atoms with E-state index in [9.17, 15) is 9.59 Å². The molecule has 2 amide bonds. The molecular weight excluding hydrogens is 430 g/mol. The fourth-order valence-electron chi connectivity index (χ4n) is 3.50. The molecule has 1 aliphatic heterocycles. The van der Waals surface area contributed by atoms with Crippen molar-refractivity contribution >= 4 is 18.1 Å². The van der Waals surface area contributed by atoms with Gasteiger partial charge in [-0.25, -0.2) is 4.79 Å². The largest absolute Gasteiger partial charge is 0.492 e. The maximum Gasteiger partial charge on any atom is 0.410 e. The van der Waals surface area contributed by atoms with Gasteiger partial charge in [0.25, 0.3) is 5.91 Å². The average molecular weight is 462 g/mol. The van der Waals surface area contributed by atoms with E-state index in [4.69, 9.17) is 14.7 Å². The molecule has 1 saturated heterocycles. The quantitative estimate of drug-likeness (QED) is 0.625. The number of rotatable bonds is 6. The number of piperidine rings is 1. The maximum absolute atomic E-state index is 12.4. The number of hydrogen-bond donors (Lipinski definition) is 1. The van der Waals surface area contributed by atoms with Crippen LogP contribution < -0.4 is 10.1 Å². The highest BCUT2D eigenvalue weighted by Gasteiger charge is 2.24. The second-order valence-corrected chi connectivity index (χ2v) is 9.14. The van der Waals surface area contributed by atoms with Gasteiger partial charge in [0, 0.05) is 18.7 Å². The third kappa shape index (κ3) is 7.66. The summed E-state index contributed by atoms with van der Waals surface area (Å²) in [5, 5.41) is 11.8. The van der Waals surface area contributed by atoms with E-state index in [1.807, 2.05) is 32.9 Å². The summed E-state index contributed by atoms with van der Waals surface area (Å²) in [6, 6.07) is 16.4. The van der Waals surface area contributed by atoms with Gasteiger partial charge in [0.2, 0.25) is 0 Å². The summed E-state index contributed by atoms with van der Waals surface area (Å²) < 4.78 is 11.0. The number of nitrogens with zero attached hydrogens (tertiary/aromatic N) is 2. The number of carbonyl (C=O) groups is 2. The second-order valence-electron chi connectivity index (χ2n) is 9.14. The van der Waals surface area contributed by atoms with E-state index < -0.39 is 5.60 Å². The van der Waals surface area contributed by atoms with Crippen LogP contribution in [0.1, 0.15) is 55.1 Å². The van der Waals surface area contributed by atoms with Crippen molar-refractivity contribution in [1.29, 1.82) is 5.26 Å². The van der Waals surface area contributed by atoms with Crippen molar-refractivity contribution in [2.75, 3.05) is 26.2 Å². The molecule has 0 aromatic heterocycles. The first kappa shape index (κ1) is 24.8. The van der Waals surface area contributed by atoms with Gasteiger partial charge in [-0.05, 0) is 69.5 Å². The Bertz CT molecular complexity index is 1070. The minimum atomic E-state index is -0.488. The molecular formula is C27H31N3O4. The molecule has 0 atom stereocenters. The molecule has 7 heteroatoms. The number of carbonyl (C=O) groups excluding carboxylic acids is 2. The molecule has 2 aromatic rings. The Morgan fingerprint density at radius 2 is 1.82 bits per heavy atom. The molecule has 2 aromatic carbocycles. The lowest BCUT2D eigenvalue weighted by molar-refractivity contribution is 0.0236. The highest BCUT2D eigenvalue weighted by molar-refractivity contribution is 5.94. The van der Waals surface area contributed by atoms with Crippen LogP contribution in [0, 0.1) is 11.3 Å². The number of ether oxygens (including phenoxy) is 2. The van der Waals surface area contributed by atoms with Crippen molar-refractivity contribution in [1.82, 2.24) is 10.2 Å². The van der Waals surface area contributed by atoms with Crippen LogP contribution in [0.15, 0.2) is 54.1 Å².